The monoisotopic (exact) mass is 316 g/mol. The van der Waals surface area contributed by atoms with E-state index in [2.05, 4.69) is 5.32 Å². The number of primary amides is 1. The second-order valence-corrected chi connectivity index (χ2v) is 5.34. The van der Waals surface area contributed by atoms with Gasteiger partial charge in [-0.15, -0.1) is 0 Å². The maximum atomic E-state index is 12.4. The van der Waals surface area contributed by atoms with Crippen LogP contribution in [0.2, 0.25) is 0 Å². The van der Waals surface area contributed by atoms with Crippen molar-refractivity contribution in [1.82, 2.24) is 0 Å². The van der Waals surface area contributed by atoms with E-state index in [9.17, 15) is 9.59 Å². The first kappa shape index (κ1) is 15.5. The molecule has 0 heterocycles. The van der Waals surface area contributed by atoms with E-state index in [4.69, 9.17) is 5.73 Å². The molecule has 0 aliphatic carbocycles. The smallest absolute Gasteiger partial charge is 0.255 e. The average molecular weight is 316 g/mol. The van der Waals surface area contributed by atoms with E-state index in [0.29, 0.717) is 11.1 Å². The zero-order chi connectivity index (χ0) is 16.9. The lowest BCUT2D eigenvalue weighted by molar-refractivity contribution is 0.0997. The van der Waals surface area contributed by atoms with Crippen LogP contribution in [0.15, 0.2) is 78.9 Å². The van der Waals surface area contributed by atoms with Gasteiger partial charge in [0.15, 0.2) is 0 Å². The SMILES string of the molecule is NC(=O)c1ccc(-c2cccc(C(=O)Nc3ccccc3)c2)cc1. The Bertz CT molecular complexity index is 872. The first-order valence-electron chi connectivity index (χ1n) is 7.50. The Morgan fingerprint density at radius 1 is 0.708 bits per heavy atom. The summed E-state index contributed by atoms with van der Waals surface area (Å²) in [6, 6.07) is 23.6. The summed E-state index contributed by atoms with van der Waals surface area (Å²) in [5.41, 5.74) is 8.82. The van der Waals surface area contributed by atoms with Gasteiger partial charge in [-0.25, -0.2) is 0 Å². The van der Waals surface area contributed by atoms with Crippen LogP contribution < -0.4 is 11.1 Å². The molecule has 0 unspecified atom stereocenters. The van der Waals surface area contributed by atoms with Crippen molar-refractivity contribution in [2.45, 2.75) is 0 Å². The van der Waals surface area contributed by atoms with Gasteiger partial charge in [0.25, 0.3) is 5.91 Å². The first-order chi connectivity index (χ1) is 11.6. The van der Waals surface area contributed by atoms with Gasteiger partial charge in [0.2, 0.25) is 5.91 Å². The van der Waals surface area contributed by atoms with E-state index in [-0.39, 0.29) is 5.91 Å². The van der Waals surface area contributed by atoms with Crippen molar-refractivity contribution in [3.8, 4) is 11.1 Å². The Balaban J connectivity index is 1.83. The summed E-state index contributed by atoms with van der Waals surface area (Å²) in [5, 5.41) is 2.86. The minimum absolute atomic E-state index is 0.170. The average Bonchev–Trinajstić information content (AvgIpc) is 2.63. The quantitative estimate of drug-likeness (QED) is 0.770. The molecule has 0 aliphatic heterocycles. The van der Waals surface area contributed by atoms with Crippen molar-refractivity contribution in [2.24, 2.45) is 5.73 Å². The van der Waals surface area contributed by atoms with Gasteiger partial charge < -0.3 is 11.1 Å². The minimum Gasteiger partial charge on any atom is -0.366 e. The van der Waals surface area contributed by atoms with E-state index in [1.54, 1.807) is 18.2 Å². The molecular formula is C20H16N2O2. The Morgan fingerprint density at radius 3 is 2.08 bits per heavy atom. The molecule has 0 radical (unpaired) electrons. The normalized spacial score (nSPS) is 10.2. The number of nitrogens with one attached hydrogen (secondary N) is 1. The second-order valence-electron chi connectivity index (χ2n) is 5.34. The molecule has 24 heavy (non-hydrogen) atoms. The number of para-hydroxylation sites is 1. The predicted molar refractivity (Wildman–Crippen MR) is 94.8 cm³/mol. The molecule has 0 bridgehead atoms. The number of nitrogens with two attached hydrogens (primary N) is 1. The Labute approximate surface area is 139 Å². The molecule has 0 spiro atoms. The molecule has 118 valence electrons. The molecule has 0 aliphatic rings. The van der Waals surface area contributed by atoms with Crippen LogP contribution in [0.25, 0.3) is 11.1 Å². The molecule has 3 aromatic carbocycles. The molecule has 2 amide bonds. The largest absolute Gasteiger partial charge is 0.366 e. The molecule has 4 heteroatoms. The van der Waals surface area contributed by atoms with Gasteiger partial charge in [-0.2, -0.15) is 0 Å². The van der Waals surface area contributed by atoms with Crippen molar-refractivity contribution in [3.63, 3.8) is 0 Å². The highest BCUT2D eigenvalue weighted by Crippen LogP contribution is 2.21. The van der Waals surface area contributed by atoms with Crippen molar-refractivity contribution < 1.29 is 9.59 Å². The van der Waals surface area contributed by atoms with E-state index in [1.807, 2.05) is 60.7 Å². The number of benzene rings is 3. The fraction of sp³-hybridized carbons (Fsp3) is 0. The van der Waals surface area contributed by atoms with Gasteiger partial charge in [0, 0.05) is 16.8 Å². The summed E-state index contributed by atoms with van der Waals surface area (Å²) in [6.45, 7) is 0. The number of rotatable bonds is 4. The van der Waals surface area contributed by atoms with Gasteiger partial charge in [-0.3, -0.25) is 9.59 Å². The van der Waals surface area contributed by atoms with E-state index in [1.165, 1.54) is 0 Å². The topological polar surface area (TPSA) is 72.2 Å². The number of hydrogen-bond acceptors (Lipinski definition) is 2. The highest BCUT2D eigenvalue weighted by atomic mass is 16.2. The maximum Gasteiger partial charge on any atom is 0.255 e. The van der Waals surface area contributed by atoms with Crippen LogP contribution in [0.1, 0.15) is 20.7 Å². The lowest BCUT2D eigenvalue weighted by atomic mass is 10.0. The van der Waals surface area contributed by atoms with E-state index in [0.717, 1.165) is 16.8 Å². The summed E-state index contributed by atoms with van der Waals surface area (Å²) in [7, 11) is 0. The van der Waals surface area contributed by atoms with Crippen LogP contribution in [-0.2, 0) is 0 Å². The van der Waals surface area contributed by atoms with Gasteiger partial charge >= 0.3 is 0 Å². The molecule has 0 atom stereocenters. The van der Waals surface area contributed by atoms with Crippen LogP contribution in [-0.4, -0.2) is 11.8 Å². The van der Waals surface area contributed by atoms with E-state index >= 15 is 0 Å². The van der Waals surface area contributed by atoms with Crippen LogP contribution in [0.4, 0.5) is 5.69 Å². The summed E-state index contributed by atoms with van der Waals surface area (Å²) < 4.78 is 0. The molecule has 0 aromatic heterocycles. The highest BCUT2D eigenvalue weighted by Gasteiger charge is 2.08. The van der Waals surface area contributed by atoms with Crippen LogP contribution in [0.5, 0.6) is 0 Å². The van der Waals surface area contributed by atoms with Gasteiger partial charge in [0.1, 0.15) is 0 Å². The molecule has 0 saturated heterocycles. The first-order valence-corrected chi connectivity index (χ1v) is 7.50. The summed E-state index contributed by atoms with van der Waals surface area (Å²) in [6.07, 6.45) is 0. The van der Waals surface area contributed by atoms with Crippen molar-refractivity contribution in [2.75, 3.05) is 5.32 Å². The molecule has 3 aromatic rings. The van der Waals surface area contributed by atoms with Gasteiger partial charge in [-0.1, -0.05) is 42.5 Å². The van der Waals surface area contributed by atoms with Crippen molar-refractivity contribution in [1.29, 1.82) is 0 Å². The summed E-state index contributed by atoms with van der Waals surface area (Å²) >= 11 is 0. The highest BCUT2D eigenvalue weighted by molar-refractivity contribution is 6.05. The van der Waals surface area contributed by atoms with Crippen LogP contribution in [0.3, 0.4) is 0 Å². The lowest BCUT2D eigenvalue weighted by Crippen LogP contribution is -2.11. The zero-order valence-electron chi connectivity index (χ0n) is 12.9. The predicted octanol–water partition coefficient (Wildman–Crippen LogP) is 3.70. The molecule has 0 saturated carbocycles. The molecular weight excluding hydrogens is 300 g/mol. The molecule has 3 N–H and O–H groups in total. The van der Waals surface area contributed by atoms with E-state index < -0.39 is 5.91 Å². The minimum atomic E-state index is -0.461. The van der Waals surface area contributed by atoms with Gasteiger partial charge in [0.05, 0.1) is 0 Å². The van der Waals surface area contributed by atoms with Crippen molar-refractivity contribution in [3.05, 3.63) is 90.0 Å². The number of anilines is 1. The van der Waals surface area contributed by atoms with Crippen LogP contribution >= 0.6 is 0 Å². The Morgan fingerprint density at radius 2 is 1.42 bits per heavy atom. The second kappa shape index (κ2) is 6.79. The number of carbonyl (C=O) groups excluding carboxylic acids is 2. The van der Waals surface area contributed by atoms with Crippen LogP contribution in [0, 0.1) is 0 Å². The molecule has 4 nitrogen and oxygen atoms in total. The summed E-state index contributed by atoms with van der Waals surface area (Å²) in [5.74, 6) is -0.630. The third-order valence-electron chi connectivity index (χ3n) is 3.66. The Hall–Kier alpha value is -3.40. The fourth-order valence-electron chi connectivity index (χ4n) is 2.39. The maximum absolute atomic E-state index is 12.4. The molecule has 3 rings (SSSR count). The third-order valence-corrected chi connectivity index (χ3v) is 3.66. The number of amides is 2. The summed E-state index contributed by atoms with van der Waals surface area (Å²) in [4.78, 5) is 23.5. The number of carbonyl (C=O) groups is 2. The number of hydrogen-bond donors (Lipinski definition) is 2. The molecule has 0 fully saturated rings. The Kier molecular flexibility index (Phi) is 4.38. The lowest BCUT2D eigenvalue weighted by Gasteiger charge is -2.08. The standard InChI is InChI=1S/C20H16N2O2/c21-19(23)15-11-9-14(10-12-15)16-5-4-6-17(13-16)20(24)22-18-7-2-1-3-8-18/h1-13H,(H2,21,23)(H,22,24). The van der Waals surface area contributed by atoms with Gasteiger partial charge in [-0.05, 0) is 47.5 Å². The third kappa shape index (κ3) is 3.50. The zero-order valence-corrected chi connectivity index (χ0v) is 12.9. The fourth-order valence-corrected chi connectivity index (χ4v) is 2.39. The van der Waals surface area contributed by atoms with Crippen molar-refractivity contribution >= 4 is 17.5 Å².